The van der Waals surface area contributed by atoms with Gasteiger partial charge in [0.25, 0.3) is 0 Å². The molecule has 2 aliphatic carbocycles. The highest BCUT2D eigenvalue weighted by Gasteiger charge is 2.56. The van der Waals surface area contributed by atoms with Crippen molar-refractivity contribution >= 4 is 11.5 Å². The largest absolute Gasteiger partial charge is 0.461 e. The van der Waals surface area contributed by atoms with Crippen molar-refractivity contribution in [1.82, 2.24) is 0 Å². The van der Waals surface area contributed by atoms with Crippen molar-refractivity contribution < 1.29 is 9.53 Å². The molecule has 0 aromatic heterocycles. The Morgan fingerprint density at radius 1 is 1.42 bits per heavy atom. The summed E-state index contributed by atoms with van der Waals surface area (Å²) >= 11 is 0. The van der Waals surface area contributed by atoms with E-state index >= 15 is 0 Å². The summed E-state index contributed by atoms with van der Waals surface area (Å²) in [7, 11) is 0. The van der Waals surface area contributed by atoms with Crippen LogP contribution in [0.1, 0.15) is 32.6 Å². The molecule has 3 aliphatic rings. The number of hydrogen-bond acceptors (Lipinski definition) is 5. The van der Waals surface area contributed by atoms with Crippen LogP contribution in [0.2, 0.25) is 0 Å². The van der Waals surface area contributed by atoms with Crippen LogP contribution in [0.15, 0.2) is 46.7 Å². The van der Waals surface area contributed by atoms with Crippen molar-refractivity contribution in [3.63, 3.8) is 0 Å². The number of carbonyl (C=O) groups is 1. The Morgan fingerprint density at radius 3 is 2.92 bits per heavy atom. The lowest BCUT2D eigenvalue weighted by Crippen LogP contribution is -2.55. The van der Waals surface area contributed by atoms with Crippen LogP contribution in [0.4, 0.5) is 5.69 Å². The minimum atomic E-state index is -0.990. The second-order valence-corrected chi connectivity index (χ2v) is 6.61. The highest BCUT2D eigenvalue weighted by molar-refractivity contribution is 5.99. The summed E-state index contributed by atoms with van der Waals surface area (Å²) in [5.74, 6) is 0.499. The zero-order valence-corrected chi connectivity index (χ0v) is 13.6. The number of para-hydroxylation sites is 2. The van der Waals surface area contributed by atoms with E-state index in [-0.39, 0.29) is 17.4 Å². The van der Waals surface area contributed by atoms with E-state index in [0.717, 1.165) is 42.7 Å². The second-order valence-electron chi connectivity index (χ2n) is 6.61. The summed E-state index contributed by atoms with van der Waals surface area (Å²) in [5, 5.41) is 13.0. The molecule has 2 atom stereocenters. The SMILES string of the molecule is CC(=O)C1=C(N)C(C#N)=C2CCCCC2C12Nc1ccccc1O2. The number of Topliss-reactive ketones (excluding diaryl/α,β-unsaturated/α-hetero) is 1. The number of ketones is 1. The van der Waals surface area contributed by atoms with Gasteiger partial charge >= 0.3 is 0 Å². The summed E-state index contributed by atoms with van der Waals surface area (Å²) in [6, 6.07) is 9.88. The molecule has 5 nitrogen and oxygen atoms in total. The van der Waals surface area contributed by atoms with E-state index in [1.807, 2.05) is 24.3 Å². The number of fused-ring (bicyclic) bond motifs is 3. The molecule has 3 N–H and O–H groups in total. The fraction of sp³-hybridized carbons (Fsp3) is 0.368. The normalized spacial score (nSPS) is 27.9. The lowest BCUT2D eigenvalue weighted by atomic mass is 9.68. The quantitative estimate of drug-likeness (QED) is 0.830. The number of anilines is 1. The molecular formula is C19H19N3O2. The van der Waals surface area contributed by atoms with E-state index in [0.29, 0.717) is 11.1 Å². The zero-order chi connectivity index (χ0) is 16.9. The van der Waals surface area contributed by atoms with E-state index in [9.17, 15) is 10.1 Å². The lowest BCUT2D eigenvalue weighted by molar-refractivity contribution is -0.115. The van der Waals surface area contributed by atoms with Crippen LogP contribution in [0.3, 0.4) is 0 Å². The second kappa shape index (κ2) is 5.13. The van der Waals surface area contributed by atoms with Gasteiger partial charge in [-0.3, -0.25) is 4.79 Å². The predicted molar refractivity (Wildman–Crippen MR) is 89.9 cm³/mol. The van der Waals surface area contributed by atoms with Gasteiger partial charge in [-0.1, -0.05) is 18.6 Å². The van der Waals surface area contributed by atoms with E-state index < -0.39 is 5.72 Å². The molecule has 1 saturated carbocycles. The molecule has 24 heavy (non-hydrogen) atoms. The highest BCUT2D eigenvalue weighted by atomic mass is 16.5. The first-order chi connectivity index (χ1) is 11.6. The Bertz CT molecular complexity index is 819. The molecule has 2 unspecified atom stereocenters. The minimum absolute atomic E-state index is 0.0560. The van der Waals surface area contributed by atoms with Gasteiger partial charge in [-0.2, -0.15) is 5.26 Å². The fourth-order valence-electron chi connectivity index (χ4n) is 4.35. The molecule has 1 aliphatic heterocycles. The number of carbonyl (C=O) groups excluding carboxylic acids is 1. The van der Waals surface area contributed by atoms with Crippen molar-refractivity contribution in [2.45, 2.75) is 38.3 Å². The summed E-state index contributed by atoms with van der Waals surface area (Å²) in [6.07, 6.45) is 3.76. The van der Waals surface area contributed by atoms with Crippen LogP contribution in [0, 0.1) is 17.2 Å². The molecule has 5 heteroatoms. The molecule has 1 aromatic carbocycles. The highest BCUT2D eigenvalue weighted by Crippen LogP contribution is 2.53. The number of nitriles is 1. The van der Waals surface area contributed by atoms with Crippen LogP contribution in [-0.2, 0) is 4.79 Å². The molecular weight excluding hydrogens is 302 g/mol. The van der Waals surface area contributed by atoms with Gasteiger partial charge in [0.1, 0.15) is 11.8 Å². The molecule has 0 radical (unpaired) electrons. The maximum Gasteiger partial charge on any atom is 0.219 e. The van der Waals surface area contributed by atoms with Gasteiger partial charge in [0, 0.05) is 5.92 Å². The molecule has 1 aromatic rings. The third-order valence-corrected chi connectivity index (χ3v) is 5.27. The number of ether oxygens (including phenoxy) is 1. The van der Waals surface area contributed by atoms with Crippen molar-refractivity contribution in [2.75, 3.05) is 5.32 Å². The van der Waals surface area contributed by atoms with Crippen molar-refractivity contribution in [3.05, 3.63) is 46.7 Å². The van der Waals surface area contributed by atoms with Gasteiger partial charge in [0.05, 0.1) is 22.5 Å². The average molecular weight is 321 g/mol. The fourth-order valence-corrected chi connectivity index (χ4v) is 4.35. The van der Waals surface area contributed by atoms with Gasteiger partial charge in [0.15, 0.2) is 5.78 Å². The van der Waals surface area contributed by atoms with Crippen LogP contribution in [-0.4, -0.2) is 11.5 Å². The van der Waals surface area contributed by atoms with Gasteiger partial charge in [-0.15, -0.1) is 0 Å². The number of hydrogen-bond donors (Lipinski definition) is 2. The summed E-state index contributed by atoms with van der Waals surface area (Å²) in [5.41, 5.74) is 8.29. The molecule has 1 heterocycles. The average Bonchev–Trinajstić information content (AvgIpc) is 2.94. The van der Waals surface area contributed by atoms with E-state index in [1.54, 1.807) is 0 Å². The molecule has 1 fully saturated rings. The molecule has 1 spiro atoms. The summed E-state index contributed by atoms with van der Waals surface area (Å²) in [6.45, 7) is 1.49. The first kappa shape index (κ1) is 14.8. The van der Waals surface area contributed by atoms with Crippen LogP contribution in [0.5, 0.6) is 5.75 Å². The van der Waals surface area contributed by atoms with E-state index in [2.05, 4.69) is 11.4 Å². The van der Waals surface area contributed by atoms with Gasteiger partial charge in [-0.25, -0.2) is 0 Å². The topological polar surface area (TPSA) is 88.1 Å². The van der Waals surface area contributed by atoms with Crippen molar-refractivity contribution in [2.24, 2.45) is 11.7 Å². The predicted octanol–water partition coefficient (Wildman–Crippen LogP) is 3.01. The smallest absolute Gasteiger partial charge is 0.219 e. The maximum atomic E-state index is 12.5. The van der Waals surface area contributed by atoms with Gasteiger partial charge < -0.3 is 15.8 Å². The molecule has 0 amide bonds. The Labute approximate surface area is 140 Å². The Balaban J connectivity index is 1.95. The van der Waals surface area contributed by atoms with Crippen LogP contribution in [0.25, 0.3) is 0 Å². The zero-order valence-electron chi connectivity index (χ0n) is 13.6. The lowest BCUT2D eigenvalue weighted by Gasteiger charge is -2.45. The number of nitrogens with zero attached hydrogens (tertiary/aromatic N) is 1. The third kappa shape index (κ3) is 1.83. The van der Waals surface area contributed by atoms with Gasteiger partial charge in [0.2, 0.25) is 5.72 Å². The molecule has 0 bridgehead atoms. The monoisotopic (exact) mass is 321 g/mol. The molecule has 122 valence electrons. The number of nitrogens with one attached hydrogen (secondary N) is 1. The van der Waals surface area contributed by atoms with Crippen LogP contribution >= 0.6 is 0 Å². The Morgan fingerprint density at radius 2 is 2.21 bits per heavy atom. The first-order valence-corrected chi connectivity index (χ1v) is 8.29. The minimum Gasteiger partial charge on any atom is -0.461 e. The molecule has 4 rings (SSSR count). The Kier molecular flexibility index (Phi) is 3.17. The number of nitrogens with two attached hydrogens (primary N) is 1. The standard InChI is InChI=1S/C19H19N3O2/c1-11(23)17-18(21)13(10-20)12-6-2-3-7-14(12)19(17)22-15-8-4-5-9-16(15)24-19/h4-5,8-9,14,22H,2-3,6-7,21H2,1H3. The number of allylic oxidation sites excluding steroid dienone is 1. The van der Waals surface area contributed by atoms with Crippen LogP contribution < -0.4 is 15.8 Å². The maximum absolute atomic E-state index is 12.5. The van der Waals surface area contributed by atoms with E-state index in [1.165, 1.54) is 6.92 Å². The van der Waals surface area contributed by atoms with Crippen molar-refractivity contribution in [3.8, 4) is 11.8 Å². The van der Waals surface area contributed by atoms with E-state index in [4.69, 9.17) is 10.5 Å². The summed E-state index contributed by atoms with van der Waals surface area (Å²) in [4.78, 5) is 12.5. The number of rotatable bonds is 1. The third-order valence-electron chi connectivity index (χ3n) is 5.27. The first-order valence-electron chi connectivity index (χ1n) is 8.29. The van der Waals surface area contributed by atoms with Crippen molar-refractivity contribution in [1.29, 1.82) is 5.26 Å². The Hall–Kier alpha value is -2.74. The molecule has 0 saturated heterocycles. The summed E-state index contributed by atoms with van der Waals surface area (Å²) < 4.78 is 6.33. The van der Waals surface area contributed by atoms with Gasteiger partial charge in [-0.05, 0) is 43.9 Å². The number of benzene rings is 1.